The second-order valence-corrected chi connectivity index (χ2v) is 11.9. The number of benzene rings is 5. The summed E-state index contributed by atoms with van der Waals surface area (Å²) in [4.78, 5) is 14.6. The topological polar surface area (TPSA) is 38.1 Å². The van der Waals surface area contributed by atoms with Gasteiger partial charge < -0.3 is 0 Å². The summed E-state index contributed by atoms with van der Waals surface area (Å²) in [5.74, 6) is 0.700. The molecule has 0 aliphatic heterocycles. The predicted molar refractivity (Wildman–Crippen MR) is 186 cm³/mol. The average Bonchev–Trinajstić information content (AvgIpc) is 3.43. The molecule has 0 atom stereocenters. The molecule has 0 saturated carbocycles. The third kappa shape index (κ3) is 5.37. The van der Waals surface area contributed by atoms with Gasteiger partial charge in [0.25, 0.3) is 0 Å². The molecule has 0 bridgehead atoms. The lowest BCUT2D eigenvalue weighted by Crippen LogP contribution is -2.03. The van der Waals surface area contributed by atoms with E-state index in [1.54, 1.807) is 17.5 Å². The summed E-state index contributed by atoms with van der Waals surface area (Å²) in [7, 11) is 0. The summed E-state index contributed by atoms with van der Waals surface area (Å²) in [6.45, 7) is 3.89. The first-order chi connectivity index (χ1) is 21.7. The molecule has 0 amide bonds. The van der Waals surface area contributed by atoms with E-state index >= 15 is 0 Å². The highest BCUT2D eigenvalue weighted by atomic mass is 35.5. The first-order valence-corrected chi connectivity index (χ1v) is 15.4. The Hall–Kier alpha value is -5.16. The van der Waals surface area contributed by atoms with Crippen LogP contribution < -0.4 is 0 Å². The lowest BCUT2D eigenvalue weighted by atomic mass is 9.94. The van der Waals surface area contributed by atoms with Gasteiger partial charge in [-0.2, -0.15) is 0 Å². The number of hydrogen-bond donors (Lipinski definition) is 0. The Bertz CT molecular complexity index is 2150. The zero-order valence-electron chi connectivity index (χ0n) is 23.7. The van der Waals surface area contributed by atoms with Crippen LogP contribution in [0, 0.1) is 0 Å². The van der Waals surface area contributed by atoms with Crippen molar-refractivity contribution in [2.45, 2.75) is 0 Å². The molecule has 0 N–H and O–H groups in total. The highest BCUT2D eigenvalue weighted by molar-refractivity contribution is 7.23. The number of fused-ring (bicyclic) bond motifs is 1. The third-order valence-corrected chi connectivity index (χ3v) is 8.90. The van der Waals surface area contributed by atoms with E-state index in [1.807, 2.05) is 66.9 Å². The van der Waals surface area contributed by atoms with Crippen LogP contribution in [0.25, 0.3) is 55.0 Å². The minimum Gasteiger partial charge on any atom is -0.256 e. The Morgan fingerprint density at radius 2 is 1.32 bits per heavy atom. The van der Waals surface area contributed by atoms with Gasteiger partial charge in [-0.3, -0.25) is 4.99 Å². The Kier molecular flexibility index (Phi) is 7.68. The molecule has 0 fully saturated rings. The number of hydrogen-bond acceptors (Lipinski definition) is 4. The van der Waals surface area contributed by atoms with Crippen molar-refractivity contribution in [1.82, 2.24) is 9.97 Å². The fraction of sp³-hybridized carbons (Fsp3) is 0. The van der Waals surface area contributed by atoms with Gasteiger partial charge in [-0.05, 0) is 34.9 Å². The van der Waals surface area contributed by atoms with Crippen LogP contribution in [0.2, 0.25) is 4.34 Å². The maximum absolute atomic E-state index is 6.80. The fourth-order valence-corrected chi connectivity index (χ4v) is 6.83. The van der Waals surface area contributed by atoms with Crippen molar-refractivity contribution in [2.24, 2.45) is 4.99 Å². The van der Waals surface area contributed by atoms with Gasteiger partial charge in [0.2, 0.25) is 0 Å². The molecule has 5 heteroatoms. The van der Waals surface area contributed by atoms with Crippen molar-refractivity contribution < 1.29 is 0 Å². The van der Waals surface area contributed by atoms with Crippen molar-refractivity contribution in [3.8, 4) is 44.9 Å². The second kappa shape index (κ2) is 12.2. The highest BCUT2D eigenvalue weighted by Gasteiger charge is 2.18. The maximum Gasteiger partial charge on any atom is 0.159 e. The van der Waals surface area contributed by atoms with Gasteiger partial charge in [0, 0.05) is 50.3 Å². The molecule has 0 unspecified atom stereocenters. The molecular formula is C39H26ClN3S. The zero-order valence-corrected chi connectivity index (χ0v) is 25.3. The standard InChI is InChI=1S/C39H26ClN3S/c1-2-41-37(35-32-21-9-10-22-34(32)44-38(35)40)31-20-12-18-29(24-31)28-17-11-19-30(23-28)33-25-42-39(27-15-7-4-8-16-27)43-36(33)26-13-5-3-6-14-26/h2-25H,1H2. The molecule has 0 saturated heterocycles. The first kappa shape index (κ1) is 27.7. The SMILES string of the molecule is C=CN=C(c1cccc(-c2cccc(-c3cnc(-c4ccccc4)nc3-c3ccccc3)c2)c1)c1c(Cl)sc2ccccc12. The van der Waals surface area contributed by atoms with E-state index < -0.39 is 0 Å². The van der Waals surface area contributed by atoms with Crippen LogP contribution in [0.15, 0.2) is 157 Å². The molecule has 3 nitrogen and oxygen atoms in total. The molecule has 0 aliphatic carbocycles. The molecule has 210 valence electrons. The number of rotatable bonds is 7. The molecule has 0 radical (unpaired) electrons. The van der Waals surface area contributed by atoms with Crippen LogP contribution in [0.1, 0.15) is 11.1 Å². The van der Waals surface area contributed by atoms with Crippen molar-refractivity contribution in [3.63, 3.8) is 0 Å². The lowest BCUT2D eigenvalue weighted by Gasteiger charge is -2.13. The number of aliphatic imine (C=N–C) groups is 1. The van der Waals surface area contributed by atoms with Gasteiger partial charge in [-0.15, -0.1) is 11.3 Å². The molecule has 2 aromatic heterocycles. The number of nitrogens with zero attached hydrogens (tertiary/aromatic N) is 3. The molecule has 2 heterocycles. The fourth-order valence-electron chi connectivity index (χ4n) is 5.46. The van der Waals surface area contributed by atoms with Crippen molar-refractivity contribution in [1.29, 1.82) is 0 Å². The van der Waals surface area contributed by atoms with E-state index in [2.05, 4.69) is 79.4 Å². The molecular weight excluding hydrogens is 578 g/mol. The number of aromatic nitrogens is 2. The van der Waals surface area contributed by atoms with Crippen LogP contribution >= 0.6 is 22.9 Å². The largest absolute Gasteiger partial charge is 0.256 e. The molecule has 7 rings (SSSR count). The summed E-state index contributed by atoms with van der Waals surface area (Å²) in [6.07, 6.45) is 3.52. The quantitative estimate of drug-likeness (QED) is 0.170. The van der Waals surface area contributed by atoms with Crippen LogP contribution in [-0.4, -0.2) is 15.7 Å². The predicted octanol–water partition coefficient (Wildman–Crippen LogP) is 11.0. The summed E-state index contributed by atoms with van der Waals surface area (Å²) >= 11 is 8.37. The first-order valence-electron chi connectivity index (χ1n) is 14.2. The summed E-state index contributed by atoms with van der Waals surface area (Å²) in [5, 5.41) is 1.09. The van der Waals surface area contributed by atoms with E-state index in [9.17, 15) is 0 Å². The number of thiophene rings is 1. The highest BCUT2D eigenvalue weighted by Crippen LogP contribution is 2.38. The van der Waals surface area contributed by atoms with Crippen LogP contribution in [0.3, 0.4) is 0 Å². The average molecular weight is 604 g/mol. The van der Waals surface area contributed by atoms with E-state index in [0.29, 0.717) is 10.2 Å². The monoisotopic (exact) mass is 603 g/mol. The Morgan fingerprint density at radius 3 is 2.09 bits per heavy atom. The zero-order chi connectivity index (χ0) is 29.9. The van der Waals surface area contributed by atoms with E-state index in [-0.39, 0.29) is 0 Å². The Labute approximate surface area is 265 Å². The van der Waals surface area contributed by atoms with Gasteiger partial charge in [0.15, 0.2) is 5.82 Å². The van der Waals surface area contributed by atoms with Crippen LogP contribution in [-0.2, 0) is 0 Å². The summed E-state index contributed by atoms with van der Waals surface area (Å²) in [6, 6.07) is 45.5. The third-order valence-electron chi connectivity index (χ3n) is 7.52. The Balaban J connectivity index is 1.32. The molecule has 0 spiro atoms. The minimum atomic E-state index is 0.700. The van der Waals surface area contributed by atoms with Crippen molar-refractivity contribution >= 4 is 38.7 Å². The van der Waals surface area contributed by atoms with Crippen molar-refractivity contribution in [3.05, 3.63) is 168 Å². The van der Waals surface area contributed by atoms with Gasteiger partial charge >= 0.3 is 0 Å². The van der Waals surface area contributed by atoms with Crippen LogP contribution in [0.5, 0.6) is 0 Å². The van der Waals surface area contributed by atoms with Gasteiger partial charge in [-0.25, -0.2) is 9.97 Å². The van der Waals surface area contributed by atoms with Gasteiger partial charge in [0.05, 0.1) is 11.4 Å². The summed E-state index contributed by atoms with van der Waals surface area (Å²) in [5.41, 5.74) is 9.78. The molecule has 0 aliphatic rings. The van der Waals surface area contributed by atoms with Crippen molar-refractivity contribution in [2.75, 3.05) is 0 Å². The van der Waals surface area contributed by atoms with Gasteiger partial charge in [-0.1, -0.05) is 133 Å². The molecule has 5 aromatic carbocycles. The molecule has 44 heavy (non-hydrogen) atoms. The summed E-state index contributed by atoms with van der Waals surface area (Å²) < 4.78 is 1.84. The maximum atomic E-state index is 6.80. The van der Waals surface area contributed by atoms with E-state index in [1.165, 1.54) is 0 Å². The van der Waals surface area contributed by atoms with Crippen LogP contribution in [0.4, 0.5) is 0 Å². The smallest absolute Gasteiger partial charge is 0.159 e. The van der Waals surface area contributed by atoms with E-state index in [4.69, 9.17) is 26.6 Å². The normalized spacial score (nSPS) is 11.5. The molecule has 7 aromatic rings. The second-order valence-electron chi connectivity index (χ2n) is 10.3. The number of halogens is 1. The minimum absolute atomic E-state index is 0.700. The van der Waals surface area contributed by atoms with Gasteiger partial charge in [0.1, 0.15) is 4.34 Å². The lowest BCUT2D eigenvalue weighted by molar-refractivity contribution is 1.18. The van der Waals surface area contributed by atoms with E-state index in [0.717, 1.165) is 66.0 Å². The Morgan fingerprint density at radius 1 is 0.682 bits per heavy atom.